The minimum atomic E-state index is 0.134. The number of rotatable bonds is 4. The van der Waals surface area contributed by atoms with Gasteiger partial charge in [-0.05, 0) is 56.8 Å². The predicted octanol–water partition coefficient (Wildman–Crippen LogP) is 3.58. The summed E-state index contributed by atoms with van der Waals surface area (Å²) in [5.41, 5.74) is 2.23. The molecule has 1 atom stereocenters. The Kier molecular flexibility index (Phi) is 4.71. The molecule has 3 rings (SSSR count). The van der Waals surface area contributed by atoms with Gasteiger partial charge in [0.25, 0.3) is 0 Å². The lowest BCUT2D eigenvalue weighted by molar-refractivity contribution is -0.120. The lowest BCUT2D eigenvalue weighted by Gasteiger charge is -2.20. The van der Waals surface area contributed by atoms with Crippen LogP contribution in [0.3, 0.4) is 0 Å². The van der Waals surface area contributed by atoms with E-state index in [1.165, 1.54) is 31.5 Å². The number of nitrogens with one attached hydrogen (secondary N) is 1. The molecular weight excluding hydrogens is 260 g/mol. The number of allylic oxidation sites excluding steroid dienone is 2. The summed E-state index contributed by atoms with van der Waals surface area (Å²) in [7, 11) is 0. The van der Waals surface area contributed by atoms with Crippen LogP contribution in [0.2, 0.25) is 0 Å². The van der Waals surface area contributed by atoms with Gasteiger partial charge in [0, 0.05) is 18.2 Å². The number of benzene rings is 1. The smallest absolute Gasteiger partial charge is 0.227 e. The first-order valence-corrected chi connectivity index (χ1v) is 8.09. The first kappa shape index (κ1) is 14.3. The number of likely N-dealkylation sites (tertiary alicyclic amines) is 1. The van der Waals surface area contributed by atoms with Gasteiger partial charge in [0.2, 0.25) is 5.91 Å². The van der Waals surface area contributed by atoms with Crippen molar-refractivity contribution in [2.45, 2.75) is 38.6 Å². The molecule has 1 aromatic carbocycles. The number of para-hydroxylation sites is 1. The van der Waals surface area contributed by atoms with E-state index in [1.54, 1.807) is 0 Å². The van der Waals surface area contributed by atoms with E-state index in [2.05, 4.69) is 34.5 Å². The van der Waals surface area contributed by atoms with Crippen LogP contribution in [-0.2, 0) is 11.3 Å². The maximum Gasteiger partial charge on any atom is 0.227 e. The second-order valence-electron chi connectivity index (χ2n) is 6.11. The van der Waals surface area contributed by atoms with E-state index in [9.17, 15) is 4.79 Å². The van der Waals surface area contributed by atoms with Crippen molar-refractivity contribution in [3.63, 3.8) is 0 Å². The predicted molar refractivity (Wildman–Crippen MR) is 86.1 cm³/mol. The second kappa shape index (κ2) is 6.90. The number of amides is 1. The molecule has 0 saturated carbocycles. The van der Waals surface area contributed by atoms with E-state index in [0.29, 0.717) is 0 Å². The second-order valence-corrected chi connectivity index (χ2v) is 6.11. The van der Waals surface area contributed by atoms with Gasteiger partial charge in [-0.25, -0.2) is 0 Å². The van der Waals surface area contributed by atoms with E-state index >= 15 is 0 Å². The molecule has 1 aliphatic heterocycles. The highest BCUT2D eigenvalue weighted by molar-refractivity contribution is 5.93. The Labute approximate surface area is 127 Å². The highest BCUT2D eigenvalue weighted by Crippen LogP contribution is 2.23. The number of anilines is 1. The minimum absolute atomic E-state index is 0.134. The average Bonchev–Trinajstić information content (AvgIpc) is 3.03. The summed E-state index contributed by atoms with van der Waals surface area (Å²) in [6, 6.07) is 8.23. The maximum atomic E-state index is 12.4. The lowest BCUT2D eigenvalue weighted by Crippen LogP contribution is -2.25. The summed E-state index contributed by atoms with van der Waals surface area (Å²) in [5.74, 6) is 0.308. The fourth-order valence-electron chi connectivity index (χ4n) is 3.23. The molecule has 0 spiro atoms. The van der Waals surface area contributed by atoms with Crippen LogP contribution in [0.1, 0.15) is 37.7 Å². The standard InChI is InChI=1S/C18H24N2O/c21-18(15-8-2-1-3-9-15)19-17-11-5-4-10-16(17)14-20-12-6-7-13-20/h1-2,4-5,10-11,15H,3,6-9,12-14H2,(H,19,21). The van der Waals surface area contributed by atoms with Crippen molar-refractivity contribution in [1.82, 2.24) is 4.90 Å². The Morgan fingerprint density at radius 1 is 1.19 bits per heavy atom. The Morgan fingerprint density at radius 2 is 2.00 bits per heavy atom. The fraction of sp³-hybridized carbons (Fsp3) is 0.500. The lowest BCUT2D eigenvalue weighted by atomic mass is 9.93. The molecule has 0 radical (unpaired) electrons. The van der Waals surface area contributed by atoms with Gasteiger partial charge in [0.15, 0.2) is 0 Å². The van der Waals surface area contributed by atoms with Gasteiger partial charge < -0.3 is 5.32 Å². The van der Waals surface area contributed by atoms with E-state index in [0.717, 1.165) is 31.5 Å². The van der Waals surface area contributed by atoms with Crippen LogP contribution in [0, 0.1) is 5.92 Å². The van der Waals surface area contributed by atoms with Gasteiger partial charge in [-0.15, -0.1) is 0 Å². The highest BCUT2D eigenvalue weighted by Gasteiger charge is 2.20. The van der Waals surface area contributed by atoms with E-state index in [-0.39, 0.29) is 11.8 Å². The van der Waals surface area contributed by atoms with Crippen LogP contribution in [0.5, 0.6) is 0 Å². The third kappa shape index (κ3) is 3.73. The zero-order chi connectivity index (χ0) is 14.5. The van der Waals surface area contributed by atoms with Crippen molar-refractivity contribution in [2.24, 2.45) is 5.92 Å². The molecule has 1 unspecified atom stereocenters. The third-order valence-electron chi connectivity index (χ3n) is 4.51. The van der Waals surface area contributed by atoms with Crippen molar-refractivity contribution in [3.05, 3.63) is 42.0 Å². The van der Waals surface area contributed by atoms with Crippen molar-refractivity contribution in [3.8, 4) is 0 Å². The van der Waals surface area contributed by atoms with E-state index < -0.39 is 0 Å². The molecular formula is C18H24N2O. The minimum Gasteiger partial charge on any atom is -0.326 e. The van der Waals surface area contributed by atoms with Gasteiger partial charge in [0.05, 0.1) is 0 Å². The van der Waals surface area contributed by atoms with Crippen molar-refractivity contribution < 1.29 is 4.79 Å². The SMILES string of the molecule is O=C(Nc1ccccc1CN1CCCC1)C1CC=CCC1. The number of nitrogens with zero attached hydrogens (tertiary/aromatic N) is 1. The Morgan fingerprint density at radius 3 is 2.76 bits per heavy atom. The molecule has 1 fully saturated rings. The zero-order valence-electron chi connectivity index (χ0n) is 12.6. The average molecular weight is 284 g/mol. The third-order valence-corrected chi connectivity index (χ3v) is 4.51. The molecule has 21 heavy (non-hydrogen) atoms. The Bertz CT molecular complexity index is 518. The first-order valence-electron chi connectivity index (χ1n) is 8.09. The quantitative estimate of drug-likeness (QED) is 0.857. The maximum absolute atomic E-state index is 12.4. The largest absolute Gasteiger partial charge is 0.326 e. The van der Waals surface area contributed by atoms with E-state index in [4.69, 9.17) is 0 Å². The van der Waals surface area contributed by atoms with Crippen molar-refractivity contribution in [1.29, 1.82) is 0 Å². The van der Waals surface area contributed by atoms with Crippen LogP contribution in [-0.4, -0.2) is 23.9 Å². The van der Waals surface area contributed by atoms with Gasteiger partial charge in [-0.3, -0.25) is 9.69 Å². The highest BCUT2D eigenvalue weighted by atomic mass is 16.1. The van der Waals surface area contributed by atoms with Crippen LogP contribution >= 0.6 is 0 Å². The van der Waals surface area contributed by atoms with Crippen LogP contribution in [0.25, 0.3) is 0 Å². The molecule has 2 aliphatic rings. The summed E-state index contributed by atoms with van der Waals surface area (Å²) in [6.07, 6.45) is 9.76. The molecule has 1 heterocycles. The van der Waals surface area contributed by atoms with E-state index in [1.807, 2.05) is 12.1 Å². The summed E-state index contributed by atoms with van der Waals surface area (Å²) < 4.78 is 0. The summed E-state index contributed by atoms with van der Waals surface area (Å²) >= 11 is 0. The molecule has 1 saturated heterocycles. The van der Waals surface area contributed by atoms with Gasteiger partial charge in [-0.1, -0.05) is 30.4 Å². The summed E-state index contributed by atoms with van der Waals surface area (Å²) in [6.45, 7) is 3.30. The monoisotopic (exact) mass is 284 g/mol. The van der Waals surface area contributed by atoms with Gasteiger partial charge in [0.1, 0.15) is 0 Å². The summed E-state index contributed by atoms with van der Waals surface area (Å²) in [4.78, 5) is 14.9. The molecule has 0 bridgehead atoms. The summed E-state index contributed by atoms with van der Waals surface area (Å²) in [5, 5.41) is 3.15. The normalized spacial score (nSPS) is 22.4. The molecule has 0 aromatic heterocycles. The first-order chi connectivity index (χ1) is 10.3. The number of carbonyl (C=O) groups excluding carboxylic acids is 1. The molecule has 3 heteroatoms. The fourth-order valence-corrected chi connectivity index (χ4v) is 3.23. The molecule has 1 aromatic rings. The van der Waals surface area contributed by atoms with Crippen LogP contribution in [0.15, 0.2) is 36.4 Å². The Hall–Kier alpha value is -1.61. The van der Waals surface area contributed by atoms with Gasteiger partial charge in [-0.2, -0.15) is 0 Å². The molecule has 1 N–H and O–H groups in total. The van der Waals surface area contributed by atoms with Crippen molar-refractivity contribution >= 4 is 11.6 Å². The molecule has 3 nitrogen and oxygen atoms in total. The number of hydrogen-bond acceptors (Lipinski definition) is 2. The van der Waals surface area contributed by atoms with Crippen LogP contribution < -0.4 is 5.32 Å². The van der Waals surface area contributed by atoms with Gasteiger partial charge >= 0.3 is 0 Å². The molecule has 1 amide bonds. The topological polar surface area (TPSA) is 32.3 Å². The number of hydrogen-bond donors (Lipinski definition) is 1. The molecule has 1 aliphatic carbocycles. The molecule has 112 valence electrons. The number of carbonyl (C=O) groups is 1. The van der Waals surface area contributed by atoms with Crippen LogP contribution in [0.4, 0.5) is 5.69 Å². The zero-order valence-corrected chi connectivity index (χ0v) is 12.6. The Balaban J connectivity index is 1.66. The van der Waals surface area contributed by atoms with Crippen molar-refractivity contribution in [2.75, 3.05) is 18.4 Å².